The van der Waals surface area contributed by atoms with Crippen LogP contribution in [-0.4, -0.2) is 6.10 Å². The van der Waals surface area contributed by atoms with Crippen LogP contribution in [0.4, 0.5) is 0 Å². The molecule has 110 valence electrons. The highest BCUT2D eigenvalue weighted by Crippen LogP contribution is 2.35. The van der Waals surface area contributed by atoms with Gasteiger partial charge in [0.1, 0.15) is 5.75 Å². The Morgan fingerprint density at radius 2 is 1.76 bits per heavy atom. The van der Waals surface area contributed by atoms with Crippen LogP contribution in [-0.2, 0) is 0 Å². The third-order valence-corrected chi connectivity index (χ3v) is 4.13. The van der Waals surface area contributed by atoms with Gasteiger partial charge in [0.25, 0.3) is 0 Å². The van der Waals surface area contributed by atoms with Gasteiger partial charge < -0.3 is 4.74 Å². The Morgan fingerprint density at radius 1 is 1.10 bits per heavy atom. The van der Waals surface area contributed by atoms with Gasteiger partial charge in [0.2, 0.25) is 0 Å². The van der Waals surface area contributed by atoms with E-state index in [2.05, 4.69) is 5.43 Å². The predicted octanol–water partition coefficient (Wildman–Crippen LogP) is 4.09. The SMILES string of the molecule is NNC(c1cccc(OC2CC2)c1)c1c(Cl)cccc1Cl. The number of ether oxygens (including phenoxy) is 1. The molecule has 1 aliphatic rings. The van der Waals surface area contributed by atoms with Crippen LogP contribution in [0.1, 0.15) is 30.0 Å². The molecular formula is C16H16Cl2N2O. The topological polar surface area (TPSA) is 47.3 Å². The molecule has 0 radical (unpaired) electrons. The molecule has 3 nitrogen and oxygen atoms in total. The number of hydrogen-bond acceptors (Lipinski definition) is 3. The summed E-state index contributed by atoms with van der Waals surface area (Å²) in [5, 5.41) is 1.16. The van der Waals surface area contributed by atoms with Crippen molar-refractivity contribution < 1.29 is 4.74 Å². The number of benzene rings is 2. The molecule has 0 aromatic heterocycles. The molecule has 3 rings (SSSR count). The van der Waals surface area contributed by atoms with E-state index in [1.54, 1.807) is 12.1 Å². The van der Waals surface area contributed by atoms with Crippen molar-refractivity contribution in [1.82, 2.24) is 5.43 Å². The van der Waals surface area contributed by atoms with Crippen molar-refractivity contribution in [2.24, 2.45) is 5.84 Å². The lowest BCUT2D eigenvalue weighted by atomic mass is 9.99. The first-order valence-electron chi connectivity index (χ1n) is 6.85. The molecule has 3 N–H and O–H groups in total. The number of hydrogen-bond donors (Lipinski definition) is 2. The van der Waals surface area contributed by atoms with Crippen molar-refractivity contribution in [2.75, 3.05) is 0 Å². The first-order valence-corrected chi connectivity index (χ1v) is 7.61. The van der Waals surface area contributed by atoms with Crippen LogP contribution in [0, 0.1) is 0 Å². The summed E-state index contributed by atoms with van der Waals surface area (Å²) in [5.74, 6) is 6.58. The average molecular weight is 323 g/mol. The normalized spacial score (nSPS) is 15.8. The lowest BCUT2D eigenvalue weighted by Gasteiger charge is -2.20. The molecule has 1 unspecified atom stereocenters. The van der Waals surface area contributed by atoms with E-state index in [1.165, 1.54) is 0 Å². The number of halogens is 2. The molecule has 1 aliphatic carbocycles. The van der Waals surface area contributed by atoms with Gasteiger partial charge in [-0.05, 0) is 42.7 Å². The second-order valence-corrected chi connectivity index (χ2v) is 5.94. The van der Waals surface area contributed by atoms with Gasteiger partial charge >= 0.3 is 0 Å². The fourth-order valence-corrected chi connectivity index (χ4v) is 2.89. The van der Waals surface area contributed by atoms with E-state index in [1.807, 2.05) is 30.3 Å². The van der Waals surface area contributed by atoms with Gasteiger partial charge in [-0.2, -0.15) is 0 Å². The summed E-state index contributed by atoms with van der Waals surface area (Å²) >= 11 is 12.6. The van der Waals surface area contributed by atoms with E-state index in [-0.39, 0.29) is 6.04 Å². The molecule has 2 aromatic rings. The zero-order chi connectivity index (χ0) is 14.8. The Bertz CT molecular complexity index is 624. The van der Waals surface area contributed by atoms with Crippen LogP contribution in [0.2, 0.25) is 10.0 Å². The molecule has 0 aliphatic heterocycles. The minimum atomic E-state index is -0.283. The number of rotatable bonds is 5. The van der Waals surface area contributed by atoms with Crippen LogP contribution in [0.25, 0.3) is 0 Å². The van der Waals surface area contributed by atoms with Crippen molar-refractivity contribution in [3.8, 4) is 5.75 Å². The smallest absolute Gasteiger partial charge is 0.120 e. The van der Waals surface area contributed by atoms with Gasteiger partial charge in [0, 0.05) is 15.6 Å². The minimum Gasteiger partial charge on any atom is -0.490 e. The largest absolute Gasteiger partial charge is 0.490 e. The molecule has 5 heteroatoms. The summed E-state index contributed by atoms with van der Waals surface area (Å²) in [6.07, 6.45) is 2.60. The number of nitrogens with one attached hydrogen (secondary N) is 1. The van der Waals surface area contributed by atoms with E-state index < -0.39 is 0 Å². The number of hydrazine groups is 1. The van der Waals surface area contributed by atoms with E-state index in [0.29, 0.717) is 16.1 Å². The Hall–Kier alpha value is -1.26. The van der Waals surface area contributed by atoms with E-state index >= 15 is 0 Å². The third-order valence-electron chi connectivity index (χ3n) is 3.47. The second-order valence-electron chi connectivity index (χ2n) is 5.12. The maximum absolute atomic E-state index is 6.28. The number of nitrogens with two attached hydrogens (primary N) is 1. The Labute approximate surface area is 134 Å². The van der Waals surface area contributed by atoms with E-state index in [0.717, 1.165) is 29.7 Å². The van der Waals surface area contributed by atoms with Gasteiger partial charge in [-0.3, -0.25) is 5.84 Å². The molecule has 0 bridgehead atoms. The predicted molar refractivity (Wildman–Crippen MR) is 85.7 cm³/mol. The standard InChI is InChI=1S/C16H16Cl2N2O/c17-13-5-2-6-14(18)15(13)16(20-19)10-3-1-4-12(9-10)21-11-7-8-11/h1-6,9,11,16,20H,7-8,19H2. The highest BCUT2D eigenvalue weighted by atomic mass is 35.5. The van der Waals surface area contributed by atoms with E-state index in [9.17, 15) is 0 Å². The molecule has 0 spiro atoms. The maximum Gasteiger partial charge on any atom is 0.120 e. The fourth-order valence-electron chi connectivity index (χ4n) is 2.28. The molecule has 0 heterocycles. The lowest BCUT2D eigenvalue weighted by Crippen LogP contribution is -2.29. The second kappa shape index (κ2) is 6.24. The van der Waals surface area contributed by atoms with E-state index in [4.69, 9.17) is 33.8 Å². The van der Waals surface area contributed by atoms with Crippen molar-refractivity contribution >= 4 is 23.2 Å². The quantitative estimate of drug-likeness (QED) is 0.644. The summed E-state index contributed by atoms with van der Waals surface area (Å²) in [6, 6.07) is 13.0. The highest BCUT2D eigenvalue weighted by Gasteiger charge is 2.24. The lowest BCUT2D eigenvalue weighted by molar-refractivity contribution is 0.302. The van der Waals surface area contributed by atoms with Crippen LogP contribution in [0.5, 0.6) is 5.75 Å². The zero-order valence-electron chi connectivity index (χ0n) is 11.4. The van der Waals surface area contributed by atoms with Crippen molar-refractivity contribution in [3.05, 3.63) is 63.6 Å². The van der Waals surface area contributed by atoms with Gasteiger partial charge in [0.15, 0.2) is 0 Å². The summed E-state index contributed by atoms with van der Waals surface area (Å²) in [4.78, 5) is 0. The maximum atomic E-state index is 6.28. The van der Waals surface area contributed by atoms with Gasteiger partial charge in [-0.15, -0.1) is 0 Å². The van der Waals surface area contributed by atoms with Crippen molar-refractivity contribution in [1.29, 1.82) is 0 Å². The zero-order valence-corrected chi connectivity index (χ0v) is 12.9. The molecule has 1 fully saturated rings. The third kappa shape index (κ3) is 3.33. The monoisotopic (exact) mass is 322 g/mol. The Balaban J connectivity index is 1.95. The first kappa shape index (κ1) is 14.7. The van der Waals surface area contributed by atoms with Crippen molar-refractivity contribution in [3.63, 3.8) is 0 Å². The highest BCUT2D eigenvalue weighted by molar-refractivity contribution is 6.36. The molecule has 2 aromatic carbocycles. The molecule has 1 saturated carbocycles. The van der Waals surface area contributed by atoms with Crippen LogP contribution in [0.15, 0.2) is 42.5 Å². The summed E-state index contributed by atoms with van der Waals surface area (Å²) in [6.45, 7) is 0. The van der Waals surface area contributed by atoms with Crippen LogP contribution < -0.4 is 16.0 Å². The van der Waals surface area contributed by atoms with Crippen LogP contribution in [0.3, 0.4) is 0 Å². The molecular weight excluding hydrogens is 307 g/mol. The average Bonchev–Trinajstić information content (AvgIpc) is 3.27. The van der Waals surface area contributed by atoms with Crippen LogP contribution >= 0.6 is 23.2 Å². The summed E-state index contributed by atoms with van der Waals surface area (Å²) < 4.78 is 5.82. The summed E-state index contributed by atoms with van der Waals surface area (Å²) in [7, 11) is 0. The van der Waals surface area contributed by atoms with Crippen molar-refractivity contribution in [2.45, 2.75) is 25.0 Å². The van der Waals surface area contributed by atoms with Gasteiger partial charge in [-0.1, -0.05) is 41.4 Å². The Kier molecular flexibility index (Phi) is 4.36. The Morgan fingerprint density at radius 3 is 2.38 bits per heavy atom. The minimum absolute atomic E-state index is 0.283. The molecule has 0 saturated heterocycles. The summed E-state index contributed by atoms with van der Waals surface area (Å²) in [5.41, 5.74) is 4.52. The fraction of sp³-hybridized carbons (Fsp3) is 0.250. The molecule has 1 atom stereocenters. The first-order chi connectivity index (χ1) is 10.2. The molecule has 21 heavy (non-hydrogen) atoms. The van der Waals surface area contributed by atoms with Gasteiger partial charge in [-0.25, -0.2) is 5.43 Å². The van der Waals surface area contributed by atoms with Gasteiger partial charge in [0.05, 0.1) is 12.1 Å². The molecule has 0 amide bonds.